The van der Waals surface area contributed by atoms with Crippen LogP contribution < -0.4 is 5.43 Å². The van der Waals surface area contributed by atoms with Gasteiger partial charge in [-0.25, -0.2) is 5.43 Å². The van der Waals surface area contributed by atoms with Gasteiger partial charge in [-0.3, -0.25) is 9.59 Å². The Morgan fingerprint density at radius 1 is 1.31 bits per heavy atom. The number of rotatable bonds is 5. The van der Waals surface area contributed by atoms with E-state index in [1.54, 1.807) is 6.07 Å². The van der Waals surface area contributed by atoms with Crippen LogP contribution in [-0.4, -0.2) is 41.1 Å². The molecular weight excluding hydrogens is 354 g/mol. The minimum absolute atomic E-state index is 0.00724. The van der Waals surface area contributed by atoms with E-state index in [4.69, 9.17) is 11.6 Å². The molecule has 0 saturated carbocycles. The summed E-state index contributed by atoms with van der Waals surface area (Å²) < 4.78 is 0. The van der Waals surface area contributed by atoms with Crippen LogP contribution in [0.4, 0.5) is 0 Å². The Labute approximate surface area is 156 Å². The van der Waals surface area contributed by atoms with Crippen LogP contribution in [-0.2, 0) is 9.59 Å². The van der Waals surface area contributed by atoms with Gasteiger partial charge in [0.05, 0.1) is 6.21 Å². The SMILES string of the molecule is O=C(CN1C[C@H](c2ccccc2)CC1=O)N/N=C\c1cc(Cl)ccc1O. The maximum atomic E-state index is 12.1. The van der Waals surface area contributed by atoms with E-state index in [2.05, 4.69) is 10.5 Å². The number of nitrogens with one attached hydrogen (secondary N) is 1. The first-order valence-electron chi connectivity index (χ1n) is 8.16. The highest BCUT2D eigenvalue weighted by Crippen LogP contribution is 2.27. The lowest BCUT2D eigenvalue weighted by Crippen LogP contribution is -2.36. The van der Waals surface area contributed by atoms with Crippen molar-refractivity contribution in [3.8, 4) is 5.75 Å². The molecule has 1 heterocycles. The van der Waals surface area contributed by atoms with Crippen molar-refractivity contribution in [3.05, 3.63) is 64.7 Å². The molecule has 0 aliphatic carbocycles. The third kappa shape index (κ3) is 4.40. The molecule has 3 rings (SSSR count). The van der Waals surface area contributed by atoms with E-state index >= 15 is 0 Å². The second-order valence-electron chi connectivity index (χ2n) is 6.08. The number of phenolic OH excluding ortho intramolecular Hbond substituents is 1. The molecule has 2 amide bonds. The van der Waals surface area contributed by atoms with Crippen LogP contribution in [0.1, 0.15) is 23.5 Å². The van der Waals surface area contributed by atoms with E-state index in [1.807, 2.05) is 30.3 Å². The minimum Gasteiger partial charge on any atom is -0.507 e. The van der Waals surface area contributed by atoms with Crippen molar-refractivity contribution in [2.24, 2.45) is 5.10 Å². The highest BCUT2D eigenvalue weighted by Gasteiger charge is 2.31. The molecule has 0 spiro atoms. The zero-order chi connectivity index (χ0) is 18.5. The molecule has 2 N–H and O–H groups in total. The minimum atomic E-state index is -0.398. The van der Waals surface area contributed by atoms with Crippen molar-refractivity contribution in [1.29, 1.82) is 0 Å². The quantitative estimate of drug-likeness (QED) is 0.626. The molecule has 134 valence electrons. The molecule has 1 atom stereocenters. The van der Waals surface area contributed by atoms with E-state index in [0.29, 0.717) is 23.6 Å². The predicted molar refractivity (Wildman–Crippen MR) is 99.2 cm³/mol. The van der Waals surface area contributed by atoms with Crippen molar-refractivity contribution >= 4 is 29.6 Å². The monoisotopic (exact) mass is 371 g/mol. The second-order valence-corrected chi connectivity index (χ2v) is 6.52. The summed E-state index contributed by atoms with van der Waals surface area (Å²) in [7, 11) is 0. The topological polar surface area (TPSA) is 82.0 Å². The number of halogens is 1. The summed E-state index contributed by atoms with van der Waals surface area (Å²) in [5.41, 5.74) is 3.85. The zero-order valence-corrected chi connectivity index (χ0v) is 14.7. The Morgan fingerprint density at radius 2 is 2.08 bits per heavy atom. The summed E-state index contributed by atoms with van der Waals surface area (Å²) in [5.74, 6) is -0.341. The molecule has 7 heteroatoms. The Balaban J connectivity index is 1.54. The fourth-order valence-electron chi connectivity index (χ4n) is 2.88. The summed E-state index contributed by atoms with van der Waals surface area (Å²) in [6.07, 6.45) is 1.70. The normalized spacial score (nSPS) is 17.0. The number of amides is 2. The molecule has 0 radical (unpaired) electrons. The number of hydrogen-bond donors (Lipinski definition) is 2. The van der Waals surface area contributed by atoms with Gasteiger partial charge in [-0.2, -0.15) is 5.10 Å². The lowest BCUT2D eigenvalue weighted by Gasteiger charge is -2.15. The first kappa shape index (κ1) is 17.9. The van der Waals surface area contributed by atoms with Crippen molar-refractivity contribution in [2.45, 2.75) is 12.3 Å². The molecule has 0 aromatic heterocycles. The third-order valence-electron chi connectivity index (χ3n) is 4.20. The van der Waals surface area contributed by atoms with Gasteiger partial charge in [0.2, 0.25) is 5.91 Å². The lowest BCUT2D eigenvalue weighted by atomic mass is 9.99. The maximum absolute atomic E-state index is 12.1. The van der Waals surface area contributed by atoms with Crippen LogP contribution in [0.3, 0.4) is 0 Å². The van der Waals surface area contributed by atoms with E-state index < -0.39 is 5.91 Å². The second kappa shape index (κ2) is 8.01. The summed E-state index contributed by atoms with van der Waals surface area (Å²) in [6, 6.07) is 14.3. The molecule has 26 heavy (non-hydrogen) atoms. The Bertz CT molecular complexity index is 839. The van der Waals surface area contributed by atoms with Crippen LogP contribution in [0.2, 0.25) is 5.02 Å². The van der Waals surface area contributed by atoms with Gasteiger partial charge in [0.1, 0.15) is 12.3 Å². The van der Waals surface area contributed by atoms with Crippen LogP contribution in [0.15, 0.2) is 53.6 Å². The molecule has 1 aliphatic heterocycles. The number of nitrogens with zero attached hydrogens (tertiary/aromatic N) is 2. The van der Waals surface area contributed by atoms with Gasteiger partial charge >= 0.3 is 0 Å². The Kier molecular flexibility index (Phi) is 5.53. The average molecular weight is 372 g/mol. The van der Waals surface area contributed by atoms with Gasteiger partial charge in [-0.15, -0.1) is 0 Å². The zero-order valence-electron chi connectivity index (χ0n) is 13.9. The van der Waals surface area contributed by atoms with Crippen molar-refractivity contribution in [2.75, 3.05) is 13.1 Å². The summed E-state index contributed by atoms with van der Waals surface area (Å²) in [6.45, 7) is 0.454. The molecule has 2 aromatic rings. The maximum Gasteiger partial charge on any atom is 0.259 e. The standard InChI is InChI=1S/C19H18ClN3O3/c20-16-6-7-17(24)14(8-16)10-21-22-18(25)12-23-11-15(9-19(23)26)13-4-2-1-3-5-13/h1-8,10,15,24H,9,11-12H2,(H,22,25)/b21-10-/t15-/m1/s1. The number of hydrogen-bond acceptors (Lipinski definition) is 4. The van der Waals surface area contributed by atoms with Crippen LogP contribution in [0.25, 0.3) is 0 Å². The predicted octanol–water partition coefficient (Wildman–Crippen LogP) is 2.51. The van der Waals surface area contributed by atoms with Gasteiger partial charge in [0.15, 0.2) is 0 Å². The highest BCUT2D eigenvalue weighted by atomic mass is 35.5. The number of likely N-dealkylation sites (tertiary alicyclic amines) is 1. The molecule has 1 aliphatic rings. The Hall–Kier alpha value is -2.86. The lowest BCUT2D eigenvalue weighted by molar-refractivity contribution is -0.133. The highest BCUT2D eigenvalue weighted by molar-refractivity contribution is 6.30. The molecule has 2 aromatic carbocycles. The smallest absolute Gasteiger partial charge is 0.259 e. The molecular formula is C19H18ClN3O3. The molecule has 1 fully saturated rings. The van der Waals surface area contributed by atoms with E-state index in [0.717, 1.165) is 5.56 Å². The van der Waals surface area contributed by atoms with Crippen LogP contribution in [0, 0.1) is 0 Å². The van der Waals surface area contributed by atoms with Crippen molar-refractivity contribution < 1.29 is 14.7 Å². The van der Waals surface area contributed by atoms with Gasteiger partial charge in [0.25, 0.3) is 5.91 Å². The first-order chi connectivity index (χ1) is 12.5. The summed E-state index contributed by atoms with van der Waals surface area (Å²) in [5, 5.41) is 13.9. The Morgan fingerprint density at radius 3 is 2.85 bits per heavy atom. The number of aromatic hydroxyl groups is 1. The van der Waals surface area contributed by atoms with E-state index in [9.17, 15) is 14.7 Å². The average Bonchev–Trinajstić information content (AvgIpc) is 2.99. The van der Waals surface area contributed by atoms with Gasteiger partial charge in [-0.05, 0) is 23.8 Å². The van der Waals surface area contributed by atoms with Crippen molar-refractivity contribution in [1.82, 2.24) is 10.3 Å². The number of carbonyl (C=O) groups is 2. The number of benzene rings is 2. The molecule has 0 bridgehead atoms. The summed E-state index contributed by atoms with van der Waals surface area (Å²) >= 11 is 5.85. The molecule has 1 saturated heterocycles. The molecule has 6 nitrogen and oxygen atoms in total. The van der Waals surface area contributed by atoms with Gasteiger partial charge < -0.3 is 10.0 Å². The van der Waals surface area contributed by atoms with Gasteiger partial charge in [-0.1, -0.05) is 41.9 Å². The fourth-order valence-corrected chi connectivity index (χ4v) is 3.07. The summed E-state index contributed by atoms with van der Waals surface area (Å²) in [4.78, 5) is 25.7. The molecule has 0 unspecified atom stereocenters. The van der Waals surface area contributed by atoms with Crippen LogP contribution in [0.5, 0.6) is 5.75 Å². The number of phenols is 1. The van der Waals surface area contributed by atoms with Crippen LogP contribution >= 0.6 is 11.6 Å². The van der Waals surface area contributed by atoms with E-state index in [-0.39, 0.29) is 24.1 Å². The third-order valence-corrected chi connectivity index (χ3v) is 4.44. The van der Waals surface area contributed by atoms with E-state index in [1.165, 1.54) is 23.2 Å². The van der Waals surface area contributed by atoms with Gasteiger partial charge in [0, 0.05) is 29.5 Å². The van der Waals surface area contributed by atoms with Crippen molar-refractivity contribution in [3.63, 3.8) is 0 Å². The fraction of sp³-hybridized carbons (Fsp3) is 0.211. The number of hydrazone groups is 1. The number of carbonyl (C=O) groups excluding carboxylic acids is 2. The first-order valence-corrected chi connectivity index (χ1v) is 8.54. The largest absolute Gasteiger partial charge is 0.507 e.